The number of rotatable bonds is 7. The van der Waals surface area contributed by atoms with Crippen LogP contribution in [-0.2, 0) is 21.2 Å². The van der Waals surface area contributed by atoms with Crippen LogP contribution in [0.1, 0.15) is 30.9 Å². The molecule has 0 saturated carbocycles. The molecule has 6 nitrogen and oxygen atoms in total. The molecule has 1 aromatic rings. The summed E-state index contributed by atoms with van der Waals surface area (Å²) in [5.41, 5.74) is 1.95. The van der Waals surface area contributed by atoms with Gasteiger partial charge in [-0.05, 0) is 30.5 Å². The number of hydrogen-bond acceptors (Lipinski definition) is 4. The third kappa shape index (κ3) is 5.19. The highest BCUT2D eigenvalue weighted by Gasteiger charge is 2.28. The molecule has 1 fully saturated rings. The highest BCUT2D eigenvalue weighted by Crippen LogP contribution is 2.19. The molecular weight excluding hydrogens is 340 g/mol. The fraction of sp³-hybridized carbons (Fsp3) is 0.611. The molecule has 0 atom stereocenters. The SMILES string of the molecule is CCCCS(=O)(=O)N1CCN(C(=O)Cc2ccc(OC)c(C)c2)CC1. The molecule has 0 N–H and O–H groups in total. The lowest BCUT2D eigenvalue weighted by Crippen LogP contribution is -2.51. The predicted octanol–water partition coefficient (Wildman–Crippen LogP) is 1.82. The van der Waals surface area contributed by atoms with Crippen molar-refractivity contribution < 1.29 is 17.9 Å². The Morgan fingerprint density at radius 2 is 1.88 bits per heavy atom. The molecule has 7 heteroatoms. The van der Waals surface area contributed by atoms with E-state index in [-0.39, 0.29) is 11.7 Å². The van der Waals surface area contributed by atoms with E-state index in [4.69, 9.17) is 4.74 Å². The van der Waals surface area contributed by atoms with Crippen LogP contribution in [0.15, 0.2) is 18.2 Å². The van der Waals surface area contributed by atoms with Crippen molar-refractivity contribution in [2.75, 3.05) is 39.0 Å². The number of hydrogen-bond donors (Lipinski definition) is 0. The van der Waals surface area contributed by atoms with Gasteiger partial charge in [0.05, 0.1) is 19.3 Å². The normalized spacial score (nSPS) is 16.0. The second-order valence-corrected chi connectivity index (χ2v) is 8.52. The zero-order valence-electron chi connectivity index (χ0n) is 15.3. The second-order valence-electron chi connectivity index (χ2n) is 6.43. The van der Waals surface area contributed by atoms with E-state index in [1.54, 1.807) is 12.0 Å². The van der Waals surface area contributed by atoms with Gasteiger partial charge >= 0.3 is 0 Å². The minimum atomic E-state index is -3.19. The largest absolute Gasteiger partial charge is 0.496 e. The standard InChI is InChI=1S/C18H28N2O4S/c1-4-5-12-25(22,23)20-10-8-19(9-11-20)18(21)14-16-6-7-17(24-3)15(2)13-16/h6-7,13H,4-5,8-12,14H2,1-3H3. The number of benzene rings is 1. The average molecular weight is 368 g/mol. The Hall–Kier alpha value is -1.60. The fourth-order valence-corrected chi connectivity index (χ4v) is 4.64. The number of nitrogens with zero attached hydrogens (tertiary/aromatic N) is 2. The van der Waals surface area contributed by atoms with Gasteiger partial charge in [0.1, 0.15) is 5.75 Å². The van der Waals surface area contributed by atoms with Crippen LogP contribution in [0.25, 0.3) is 0 Å². The molecule has 1 aliphatic heterocycles. The summed E-state index contributed by atoms with van der Waals surface area (Å²) in [6, 6.07) is 5.73. The quantitative estimate of drug-likeness (QED) is 0.736. The lowest BCUT2D eigenvalue weighted by Gasteiger charge is -2.34. The predicted molar refractivity (Wildman–Crippen MR) is 98.3 cm³/mol. The fourth-order valence-electron chi connectivity index (χ4n) is 3.01. The Balaban J connectivity index is 1.90. The summed E-state index contributed by atoms with van der Waals surface area (Å²) in [6.45, 7) is 5.62. The summed E-state index contributed by atoms with van der Waals surface area (Å²) < 4.78 is 31.2. The number of aryl methyl sites for hydroxylation is 1. The van der Waals surface area contributed by atoms with Crippen molar-refractivity contribution in [3.05, 3.63) is 29.3 Å². The lowest BCUT2D eigenvalue weighted by atomic mass is 10.1. The number of piperazine rings is 1. The number of methoxy groups -OCH3 is 1. The van der Waals surface area contributed by atoms with Crippen molar-refractivity contribution in [1.82, 2.24) is 9.21 Å². The van der Waals surface area contributed by atoms with E-state index in [1.807, 2.05) is 32.0 Å². The van der Waals surface area contributed by atoms with E-state index >= 15 is 0 Å². The summed E-state index contributed by atoms with van der Waals surface area (Å²) in [5.74, 6) is 1.04. The van der Waals surface area contributed by atoms with Crippen LogP contribution >= 0.6 is 0 Å². The van der Waals surface area contributed by atoms with E-state index in [2.05, 4.69) is 0 Å². The lowest BCUT2D eigenvalue weighted by molar-refractivity contribution is -0.131. The Morgan fingerprint density at radius 1 is 1.20 bits per heavy atom. The van der Waals surface area contributed by atoms with Crippen LogP contribution in [-0.4, -0.2) is 62.6 Å². The molecule has 2 rings (SSSR count). The monoisotopic (exact) mass is 368 g/mol. The first kappa shape index (κ1) is 19.7. The average Bonchev–Trinajstić information content (AvgIpc) is 2.60. The molecule has 1 aliphatic rings. The van der Waals surface area contributed by atoms with E-state index in [1.165, 1.54) is 4.31 Å². The Kier molecular flexibility index (Phi) is 6.84. The first-order valence-corrected chi connectivity index (χ1v) is 10.4. The maximum absolute atomic E-state index is 12.5. The summed E-state index contributed by atoms with van der Waals surface area (Å²) in [7, 11) is -1.56. The van der Waals surface area contributed by atoms with E-state index in [0.717, 1.165) is 23.3 Å². The van der Waals surface area contributed by atoms with Gasteiger partial charge in [0.15, 0.2) is 0 Å². The van der Waals surface area contributed by atoms with Gasteiger partial charge in [0, 0.05) is 26.2 Å². The molecule has 1 aromatic carbocycles. The van der Waals surface area contributed by atoms with Crippen LogP contribution in [0.3, 0.4) is 0 Å². The van der Waals surface area contributed by atoms with Gasteiger partial charge in [-0.1, -0.05) is 25.5 Å². The number of ether oxygens (including phenoxy) is 1. The Bertz CT molecular complexity index is 695. The molecule has 0 aliphatic carbocycles. The van der Waals surface area contributed by atoms with Gasteiger partial charge in [0.2, 0.25) is 15.9 Å². The van der Waals surface area contributed by atoms with Crippen molar-refractivity contribution in [2.24, 2.45) is 0 Å². The first-order valence-electron chi connectivity index (χ1n) is 8.76. The molecule has 0 spiro atoms. The van der Waals surface area contributed by atoms with Crippen molar-refractivity contribution in [3.63, 3.8) is 0 Å². The van der Waals surface area contributed by atoms with Crippen LogP contribution in [0, 0.1) is 6.92 Å². The van der Waals surface area contributed by atoms with Crippen LogP contribution < -0.4 is 4.74 Å². The molecule has 1 amide bonds. The smallest absolute Gasteiger partial charge is 0.227 e. The second kappa shape index (κ2) is 8.67. The number of amides is 1. The molecule has 0 unspecified atom stereocenters. The van der Waals surface area contributed by atoms with Crippen molar-refractivity contribution in [1.29, 1.82) is 0 Å². The summed E-state index contributed by atoms with van der Waals surface area (Å²) in [4.78, 5) is 14.2. The number of unbranched alkanes of at least 4 members (excludes halogenated alkanes) is 1. The van der Waals surface area contributed by atoms with Crippen LogP contribution in [0.5, 0.6) is 5.75 Å². The molecule has 0 radical (unpaired) electrons. The molecule has 0 bridgehead atoms. The maximum atomic E-state index is 12.5. The van der Waals surface area contributed by atoms with Gasteiger partial charge < -0.3 is 9.64 Å². The molecule has 25 heavy (non-hydrogen) atoms. The van der Waals surface area contributed by atoms with Crippen LogP contribution in [0.4, 0.5) is 0 Å². The minimum absolute atomic E-state index is 0.0372. The van der Waals surface area contributed by atoms with Crippen molar-refractivity contribution >= 4 is 15.9 Å². The maximum Gasteiger partial charge on any atom is 0.227 e. The van der Waals surface area contributed by atoms with Crippen LogP contribution in [0.2, 0.25) is 0 Å². The molecule has 1 saturated heterocycles. The van der Waals surface area contributed by atoms with Gasteiger partial charge in [-0.2, -0.15) is 4.31 Å². The Morgan fingerprint density at radius 3 is 2.44 bits per heavy atom. The minimum Gasteiger partial charge on any atom is -0.496 e. The highest BCUT2D eigenvalue weighted by molar-refractivity contribution is 7.89. The highest BCUT2D eigenvalue weighted by atomic mass is 32.2. The van der Waals surface area contributed by atoms with Gasteiger partial charge in [-0.25, -0.2) is 8.42 Å². The Labute approximate surface area is 150 Å². The van der Waals surface area contributed by atoms with Crippen molar-refractivity contribution in [2.45, 2.75) is 33.1 Å². The number of carbonyl (C=O) groups excluding carboxylic acids is 1. The zero-order valence-corrected chi connectivity index (χ0v) is 16.1. The summed E-state index contributed by atoms with van der Waals surface area (Å²) in [6.07, 6.45) is 1.87. The molecule has 0 aromatic heterocycles. The third-order valence-electron chi connectivity index (χ3n) is 4.56. The van der Waals surface area contributed by atoms with E-state index in [0.29, 0.717) is 39.0 Å². The number of sulfonamides is 1. The molecule has 1 heterocycles. The van der Waals surface area contributed by atoms with Gasteiger partial charge in [0.25, 0.3) is 0 Å². The zero-order chi connectivity index (χ0) is 18.4. The molecular formula is C18H28N2O4S. The molecule has 140 valence electrons. The number of carbonyl (C=O) groups is 1. The summed E-state index contributed by atoms with van der Waals surface area (Å²) >= 11 is 0. The summed E-state index contributed by atoms with van der Waals surface area (Å²) in [5, 5.41) is 0. The van der Waals surface area contributed by atoms with E-state index < -0.39 is 10.0 Å². The van der Waals surface area contributed by atoms with E-state index in [9.17, 15) is 13.2 Å². The van der Waals surface area contributed by atoms with Gasteiger partial charge in [-0.3, -0.25) is 4.79 Å². The van der Waals surface area contributed by atoms with Crippen molar-refractivity contribution in [3.8, 4) is 5.75 Å². The first-order chi connectivity index (χ1) is 11.9. The topological polar surface area (TPSA) is 66.9 Å². The third-order valence-corrected chi connectivity index (χ3v) is 6.51. The van der Waals surface area contributed by atoms with Gasteiger partial charge in [-0.15, -0.1) is 0 Å².